The van der Waals surface area contributed by atoms with Crippen LogP contribution in [0.5, 0.6) is 0 Å². The average molecular weight is 316 g/mol. The van der Waals surface area contributed by atoms with E-state index in [1.54, 1.807) is 0 Å². The highest BCUT2D eigenvalue weighted by Crippen LogP contribution is 2.21. The van der Waals surface area contributed by atoms with Gasteiger partial charge >= 0.3 is 6.03 Å². The molecule has 0 aliphatic carbocycles. The number of rotatable bonds is 5. The van der Waals surface area contributed by atoms with Crippen LogP contribution in [0.2, 0.25) is 0 Å². The third-order valence-corrected chi connectivity index (χ3v) is 4.85. The number of benzene rings is 1. The second kappa shape index (κ2) is 8.31. The lowest BCUT2D eigenvalue weighted by atomic mass is 10.1. The van der Waals surface area contributed by atoms with Crippen molar-refractivity contribution in [3.05, 3.63) is 35.9 Å². The fourth-order valence-corrected chi connectivity index (χ4v) is 3.50. The average Bonchev–Trinajstić information content (AvgIpc) is 3.04. The molecule has 5 nitrogen and oxygen atoms in total. The normalized spacial score (nSPS) is 22.3. The molecule has 2 amide bonds. The van der Waals surface area contributed by atoms with Gasteiger partial charge in [0.2, 0.25) is 0 Å². The predicted molar refractivity (Wildman–Crippen MR) is 92.3 cm³/mol. The molecule has 2 heterocycles. The molecule has 23 heavy (non-hydrogen) atoms. The van der Waals surface area contributed by atoms with Crippen LogP contribution in [-0.4, -0.2) is 61.6 Å². The van der Waals surface area contributed by atoms with Gasteiger partial charge in [-0.2, -0.15) is 0 Å². The lowest BCUT2D eigenvalue weighted by Crippen LogP contribution is -2.50. The van der Waals surface area contributed by atoms with Gasteiger partial charge in [0.1, 0.15) is 0 Å². The predicted octanol–water partition coefficient (Wildman–Crippen LogP) is 1.51. The summed E-state index contributed by atoms with van der Waals surface area (Å²) in [6, 6.07) is 10.8. The number of carbonyl (C=O) groups excluding carboxylic acids is 1. The largest absolute Gasteiger partial charge is 0.338 e. The monoisotopic (exact) mass is 316 g/mol. The zero-order valence-electron chi connectivity index (χ0n) is 13.8. The van der Waals surface area contributed by atoms with E-state index in [1.807, 2.05) is 4.90 Å². The Morgan fingerprint density at radius 2 is 1.96 bits per heavy atom. The van der Waals surface area contributed by atoms with Gasteiger partial charge in [-0.25, -0.2) is 4.79 Å². The number of nitrogens with one attached hydrogen (secondary N) is 2. The second-order valence-electron chi connectivity index (χ2n) is 6.63. The van der Waals surface area contributed by atoms with E-state index in [4.69, 9.17) is 0 Å². The summed E-state index contributed by atoms with van der Waals surface area (Å²) in [4.78, 5) is 16.5. The Labute approximate surface area is 139 Å². The number of urea groups is 1. The molecule has 2 N–H and O–H groups in total. The van der Waals surface area contributed by atoms with E-state index >= 15 is 0 Å². The molecule has 1 atom stereocenters. The Morgan fingerprint density at radius 3 is 2.74 bits per heavy atom. The Bertz CT molecular complexity index is 487. The van der Waals surface area contributed by atoms with Crippen molar-refractivity contribution in [3.8, 4) is 0 Å². The first-order valence-electron chi connectivity index (χ1n) is 8.81. The van der Waals surface area contributed by atoms with E-state index in [9.17, 15) is 4.79 Å². The first kappa shape index (κ1) is 16.3. The summed E-state index contributed by atoms with van der Waals surface area (Å²) in [5, 5.41) is 6.35. The van der Waals surface area contributed by atoms with Crippen LogP contribution >= 0.6 is 0 Å². The Morgan fingerprint density at radius 1 is 1.17 bits per heavy atom. The molecule has 0 radical (unpaired) electrons. The van der Waals surface area contributed by atoms with E-state index in [2.05, 4.69) is 45.9 Å². The van der Waals surface area contributed by atoms with Gasteiger partial charge in [0.15, 0.2) is 0 Å². The van der Waals surface area contributed by atoms with Gasteiger partial charge in [0.05, 0.1) is 0 Å². The molecule has 2 aliphatic rings. The van der Waals surface area contributed by atoms with Gasteiger partial charge in [0, 0.05) is 45.8 Å². The summed E-state index contributed by atoms with van der Waals surface area (Å²) in [5.74, 6) is 0.710. The molecule has 2 fully saturated rings. The fourth-order valence-electron chi connectivity index (χ4n) is 3.50. The Hall–Kier alpha value is -1.59. The Kier molecular flexibility index (Phi) is 5.88. The molecule has 3 rings (SSSR count). The molecule has 2 saturated heterocycles. The quantitative estimate of drug-likeness (QED) is 0.866. The van der Waals surface area contributed by atoms with Crippen LogP contribution in [0.25, 0.3) is 0 Å². The van der Waals surface area contributed by atoms with Crippen LogP contribution < -0.4 is 10.6 Å². The molecule has 126 valence electrons. The minimum absolute atomic E-state index is 0.102. The number of hydrogen-bond donors (Lipinski definition) is 2. The van der Waals surface area contributed by atoms with Crippen molar-refractivity contribution in [3.63, 3.8) is 0 Å². The van der Waals surface area contributed by atoms with Crippen molar-refractivity contribution < 1.29 is 4.79 Å². The van der Waals surface area contributed by atoms with Gasteiger partial charge in [-0.05, 0) is 30.9 Å². The molecule has 1 aromatic rings. The first-order valence-corrected chi connectivity index (χ1v) is 8.81. The fraction of sp³-hybridized carbons (Fsp3) is 0.611. The molecule has 0 saturated carbocycles. The lowest BCUT2D eigenvalue weighted by molar-refractivity contribution is 0.189. The minimum Gasteiger partial charge on any atom is -0.338 e. The van der Waals surface area contributed by atoms with E-state index < -0.39 is 0 Å². The van der Waals surface area contributed by atoms with Gasteiger partial charge in [-0.15, -0.1) is 0 Å². The summed E-state index contributed by atoms with van der Waals surface area (Å²) in [5.41, 5.74) is 1.39. The van der Waals surface area contributed by atoms with Crippen LogP contribution in [0.15, 0.2) is 30.3 Å². The van der Waals surface area contributed by atoms with Crippen LogP contribution in [0.3, 0.4) is 0 Å². The standard InChI is InChI=1S/C18H28N4O/c23-18(22-12-9-19-10-13-22)20-8-6-17-7-11-21(15-17)14-16-4-2-1-3-5-16/h1-5,17,19H,6-15H2,(H,20,23). The molecule has 2 aliphatic heterocycles. The molecule has 1 aromatic carbocycles. The molecular formula is C18H28N4O. The van der Waals surface area contributed by atoms with Crippen molar-refractivity contribution in [2.75, 3.05) is 45.8 Å². The van der Waals surface area contributed by atoms with Crippen LogP contribution in [0, 0.1) is 5.92 Å². The van der Waals surface area contributed by atoms with Crippen molar-refractivity contribution in [2.24, 2.45) is 5.92 Å². The molecule has 1 unspecified atom stereocenters. The maximum absolute atomic E-state index is 12.1. The van der Waals surface area contributed by atoms with E-state index in [1.165, 1.54) is 18.5 Å². The molecule has 5 heteroatoms. The van der Waals surface area contributed by atoms with E-state index in [0.717, 1.165) is 52.2 Å². The number of piperazine rings is 1. The summed E-state index contributed by atoms with van der Waals surface area (Å²) in [6.07, 6.45) is 2.33. The maximum Gasteiger partial charge on any atom is 0.317 e. The maximum atomic E-state index is 12.1. The third-order valence-electron chi connectivity index (χ3n) is 4.85. The van der Waals surface area contributed by atoms with Crippen molar-refractivity contribution in [2.45, 2.75) is 19.4 Å². The van der Waals surface area contributed by atoms with Gasteiger partial charge < -0.3 is 15.5 Å². The summed E-state index contributed by atoms with van der Waals surface area (Å²) < 4.78 is 0. The number of carbonyl (C=O) groups is 1. The highest BCUT2D eigenvalue weighted by Gasteiger charge is 2.22. The minimum atomic E-state index is 0.102. The van der Waals surface area contributed by atoms with Gasteiger partial charge in [-0.1, -0.05) is 30.3 Å². The van der Waals surface area contributed by atoms with Crippen LogP contribution in [0.1, 0.15) is 18.4 Å². The topological polar surface area (TPSA) is 47.6 Å². The second-order valence-corrected chi connectivity index (χ2v) is 6.63. The summed E-state index contributed by atoms with van der Waals surface area (Å²) in [7, 11) is 0. The van der Waals surface area contributed by atoms with Crippen molar-refractivity contribution >= 4 is 6.03 Å². The molecule has 0 bridgehead atoms. The number of likely N-dealkylation sites (tertiary alicyclic amines) is 1. The summed E-state index contributed by atoms with van der Waals surface area (Å²) in [6.45, 7) is 7.62. The molecule has 0 aromatic heterocycles. The highest BCUT2D eigenvalue weighted by atomic mass is 16.2. The van der Waals surface area contributed by atoms with E-state index in [-0.39, 0.29) is 6.03 Å². The van der Waals surface area contributed by atoms with Crippen molar-refractivity contribution in [1.82, 2.24) is 20.4 Å². The SMILES string of the molecule is O=C(NCCC1CCN(Cc2ccccc2)C1)N1CCNCC1. The number of amides is 2. The van der Waals surface area contributed by atoms with Crippen LogP contribution in [0.4, 0.5) is 4.79 Å². The zero-order chi connectivity index (χ0) is 15.9. The van der Waals surface area contributed by atoms with Crippen molar-refractivity contribution in [1.29, 1.82) is 0 Å². The zero-order valence-corrected chi connectivity index (χ0v) is 13.8. The molecular weight excluding hydrogens is 288 g/mol. The number of nitrogens with zero attached hydrogens (tertiary/aromatic N) is 2. The van der Waals surface area contributed by atoms with Gasteiger partial charge in [0.25, 0.3) is 0 Å². The Balaban J connectivity index is 1.33. The van der Waals surface area contributed by atoms with Gasteiger partial charge in [-0.3, -0.25) is 4.90 Å². The van der Waals surface area contributed by atoms with Crippen LogP contribution in [-0.2, 0) is 6.54 Å². The third kappa shape index (κ3) is 4.94. The first-order chi connectivity index (χ1) is 11.3. The lowest BCUT2D eigenvalue weighted by Gasteiger charge is -2.27. The number of hydrogen-bond acceptors (Lipinski definition) is 3. The summed E-state index contributed by atoms with van der Waals surface area (Å²) >= 11 is 0. The van der Waals surface area contributed by atoms with E-state index in [0.29, 0.717) is 5.92 Å². The highest BCUT2D eigenvalue weighted by molar-refractivity contribution is 5.74. The smallest absolute Gasteiger partial charge is 0.317 e. The molecule has 0 spiro atoms.